The predicted molar refractivity (Wildman–Crippen MR) is 45.5 cm³/mol. The smallest absolute Gasteiger partial charge is 0.115 e. The molecule has 2 saturated heterocycles. The number of ether oxygens (including phenoxy) is 3. The minimum Gasteiger partial charge on any atom is -0.388 e. The molecule has 2 aliphatic rings. The molecule has 2 rings (SSSR count). The van der Waals surface area contributed by atoms with Crippen molar-refractivity contribution in [3.05, 3.63) is 0 Å². The maximum atomic E-state index is 9.45. The molecular formula is C9H16O4. The molecule has 0 radical (unpaired) electrons. The summed E-state index contributed by atoms with van der Waals surface area (Å²) in [7, 11) is 0. The van der Waals surface area contributed by atoms with Crippen LogP contribution in [0, 0.1) is 0 Å². The summed E-state index contributed by atoms with van der Waals surface area (Å²) in [5, 5.41) is 9.45. The fourth-order valence-corrected chi connectivity index (χ4v) is 1.91. The van der Waals surface area contributed by atoms with Gasteiger partial charge in [-0.2, -0.15) is 0 Å². The quantitative estimate of drug-likeness (QED) is 0.659. The van der Waals surface area contributed by atoms with E-state index in [-0.39, 0.29) is 24.4 Å². The zero-order chi connectivity index (χ0) is 9.42. The van der Waals surface area contributed by atoms with E-state index in [1.165, 1.54) is 0 Å². The Bertz CT molecular complexity index is 182. The maximum Gasteiger partial charge on any atom is 0.115 e. The number of aliphatic hydroxyl groups is 1. The van der Waals surface area contributed by atoms with Crippen molar-refractivity contribution in [3.8, 4) is 0 Å². The predicted octanol–water partition coefficient (Wildman–Crippen LogP) is -0.0615. The normalized spacial score (nSPS) is 44.3. The molecule has 4 atom stereocenters. The minimum atomic E-state index is -0.481. The van der Waals surface area contributed by atoms with E-state index in [1.807, 2.05) is 13.8 Å². The molecule has 2 fully saturated rings. The van der Waals surface area contributed by atoms with Gasteiger partial charge < -0.3 is 19.3 Å². The molecule has 0 amide bonds. The molecule has 0 aromatic rings. The molecule has 0 aliphatic carbocycles. The van der Waals surface area contributed by atoms with E-state index in [0.717, 1.165) is 0 Å². The molecule has 0 saturated carbocycles. The summed E-state index contributed by atoms with van der Waals surface area (Å²) < 4.78 is 16.4. The van der Waals surface area contributed by atoms with Gasteiger partial charge in [-0.15, -0.1) is 0 Å². The Morgan fingerprint density at radius 1 is 1.23 bits per heavy atom. The molecule has 2 aliphatic heterocycles. The van der Waals surface area contributed by atoms with Crippen LogP contribution in [-0.2, 0) is 14.2 Å². The molecule has 1 unspecified atom stereocenters. The molecule has 4 heteroatoms. The molecule has 76 valence electrons. The van der Waals surface area contributed by atoms with Crippen LogP contribution in [0.1, 0.15) is 13.8 Å². The van der Waals surface area contributed by atoms with Crippen molar-refractivity contribution in [2.24, 2.45) is 0 Å². The Hall–Kier alpha value is -0.160. The highest BCUT2D eigenvalue weighted by Gasteiger charge is 2.47. The average molecular weight is 188 g/mol. The zero-order valence-corrected chi connectivity index (χ0v) is 7.97. The van der Waals surface area contributed by atoms with Crippen LogP contribution in [0.3, 0.4) is 0 Å². The van der Waals surface area contributed by atoms with E-state index in [9.17, 15) is 5.11 Å². The summed E-state index contributed by atoms with van der Waals surface area (Å²) in [4.78, 5) is 0. The van der Waals surface area contributed by atoms with E-state index in [4.69, 9.17) is 14.2 Å². The van der Waals surface area contributed by atoms with E-state index >= 15 is 0 Å². The third kappa shape index (κ3) is 1.72. The molecule has 2 heterocycles. The number of rotatable bonds is 2. The second kappa shape index (κ2) is 3.53. The number of aliphatic hydroxyl groups excluding tert-OH is 1. The standard InChI is InChI=1S/C9H16O4/c1-5(2)13-7-4-12-8-6(10)3-11-9(7)8/h5-10H,3-4H2,1-2H3/t6-,7-,8?,9-/m1/s1. The molecule has 0 aromatic carbocycles. The topological polar surface area (TPSA) is 47.9 Å². The lowest BCUT2D eigenvalue weighted by Gasteiger charge is -2.18. The summed E-state index contributed by atoms with van der Waals surface area (Å²) in [6.45, 7) is 4.87. The molecule has 13 heavy (non-hydrogen) atoms. The first-order valence-corrected chi connectivity index (χ1v) is 4.75. The average Bonchev–Trinajstić information content (AvgIpc) is 2.56. The molecule has 0 bridgehead atoms. The summed E-state index contributed by atoms with van der Waals surface area (Å²) in [5.74, 6) is 0. The van der Waals surface area contributed by atoms with Crippen LogP contribution < -0.4 is 0 Å². The largest absolute Gasteiger partial charge is 0.388 e. The van der Waals surface area contributed by atoms with Crippen molar-refractivity contribution in [1.29, 1.82) is 0 Å². The van der Waals surface area contributed by atoms with E-state index in [2.05, 4.69) is 0 Å². The van der Waals surface area contributed by atoms with Crippen LogP contribution in [0.2, 0.25) is 0 Å². The van der Waals surface area contributed by atoms with Crippen molar-refractivity contribution < 1.29 is 19.3 Å². The SMILES string of the molecule is CC(C)O[C@@H]1COC2[C@H](O)CO[C@@H]21. The Labute approximate surface area is 77.8 Å². The summed E-state index contributed by atoms with van der Waals surface area (Å²) >= 11 is 0. The fourth-order valence-electron chi connectivity index (χ4n) is 1.91. The Kier molecular flexibility index (Phi) is 2.55. The van der Waals surface area contributed by atoms with E-state index in [1.54, 1.807) is 0 Å². The lowest BCUT2D eigenvalue weighted by Crippen LogP contribution is -2.34. The van der Waals surface area contributed by atoms with Crippen molar-refractivity contribution in [2.75, 3.05) is 13.2 Å². The van der Waals surface area contributed by atoms with Crippen LogP contribution in [0.4, 0.5) is 0 Å². The van der Waals surface area contributed by atoms with Crippen LogP contribution in [0.15, 0.2) is 0 Å². The Balaban J connectivity index is 1.94. The van der Waals surface area contributed by atoms with Crippen LogP contribution in [-0.4, -0.2) is 48.8 Å². The van der Waals surface area contributed by atoms with Gasteiger partial charge in [-0.05, 0) is 13.8 Å². The van der Waals surface area contributed by atoms with Gasteiger partial charge in [0.25, 0.3) is 0 Å². The van der Waals surface area contributed by atoms with Crippen molar-refractivity contribution in [1.82, 2.24) is 0 Å². The highest BCUT2D eigenvalue weighted by atomic mass is 16.6. The molecule has 0 aromatic heterocycles. The molecular weight excluding hydrogens is 172 g/mol. The molecule has 4 nitrogen and oxygen atoms in total. The first-order valence-electron chi connectivity index (χ1n) is 4.75. The Morgan fingerprint density at radius 3 is 2.62 bits per heavy atom. The fraction of sp³-hybridized carbons (Fsp3) is 1.00. The van der Waals surface area contributed by atoms with Crippen molar-refractivity contribution >= 4 is 0 Å². The summed E-state index contributed by atoms with van der Waals surface area (Å²) in [6.07, 6.45) is -0.567. The van der Waals surface area contributed by atoms with Crippen molar-refractivity contribution in [3.63, 3.8) is 0 Å². The highest BCUT2D eigenvalue weighted by Crippen LogP contribution is 2.29. The number of hydrogen-bond acceptors (Lipinski definition) is 4. The van der Waals surface area contributed by atoms with Crippen LogP contribution in [0.25, 0.3) is 0 Å². The zero-order valence-electron chi connectivity index (χ0n) is 7.97. The highest BCUT2D eigenvalue weighted by molar-refractivity contribution is 4.95. The van der Waals surface area contributed by atoms with Gasteiger partial charge in [-0.1, -0.05) is 0 Å². The van der Waals surface area contributed by atoms with Gasteiger partial charge in [0.05, 0.1) is 19.3 Å². The molecule has 1 N–H and O–H groups in total. The summed E-state index contributed by atoms with van der Waals surface area (Å²) in [6, 6.07) is 0. The minimum absolute atomic E-state index is 0.0119. The van der Waals surface area contributed by atoms with Crippen molar-refractivity contribution in [2.45, 2.75) is 44.4 Å². The van der Waals surface area contributed by atoms with E-state index < -0.39 is 6.10 Å². The second-order valence-electron chi connectivity index (χ2n) is 3.89. The summed E-state index contributed by atoms with van der Waals surface area (Å²) in [5.41, 5.74) is 0. The van der Waals surface area contributed by atoms with E-state index in [0.29, 0.717) is 13.2 Å². The monoisotopic (exact) mass is 188 g/mol. The van der Waals surface area contributed by atoms with Crippen LogP contribution >= 0.6 is 0 Å². The van der Waals surface area contributed by atoms with Gasteiger partial charge in [-0.3, -0.25) is 0 Å². The number of fused-ring (bicyclic) bond motifs is 1. The van der Waals surface area contributed by atoms with Gasteiger partial charge >= 0.3 is 0 Å². The maximum absolute atomic E-state index is 9.45. The van der Waals surface area contributed by atoms with Gasteiger partial charge in [-0.25, -0.2) is 0 Å². The Morgan fingerprint density at radius 2 is 1.92 bits per heavy atom. The first-order chi connectivity index (χ1) is 6.18. The third-order valence-electron chi connectivity index (χ3n) is 2.43. The lowest BCUT2D eigenvalue weighted by atomic mass is 10.1. The van der Waals surface area contributed by atoms with Gasteiger partial charge in [0, 0.05) is 0 Å². The first kappa shape index (κ1) is 9.40. The lowest BCUT2D eigenvalue weighted by molar-refractivity contribution is -0.0607. The molecule has 0 spiro atoms. The third-order valence-corrected chi connectivity index (χ3v) is 2.43. The number of hydrogen-bond donors (Lipinski definition) is 1. The van der Waals surface area contributed by atoms with Gasteiger partial charge in [0.2, 0.25) is 0 Å². The van der Waals surface area contributed by atoms with Gasteiger partial charge in [0.1, 0.15) is 24.4 Å². The van der Waals surface area contributed by atoms with Crippen LogP contribution in [0.5, 0.6) is 0 Å². The van der Waals surface area contributed by atoms with Gasteiger partial charge in [0.15, 0.2) is 0 Å². The second-order valence-corrected chi connectivity index (χ2v) is 3.89.